The van der Waals surface area contributed by atoms with Crippen LogP contribution in [0.25, 0.3) is 0 Å². The number of nitrogens with one attached hydrogen (secondary N) is 1. The SMILES string of the molecule is O=C(Cc1cccnc1)Nc1ccccc1Cl. The van der Waals surface area contributed by atoms with Gasteiger partial charge in [-0.05, 0) is 23.8 Å². The first-order chi connectivity index (χ1) is 8.25. The summed E-state index contributed by atoms with van der Waals surface area (Å²) >= 11 is 5.94. The van der Waals surface area contributed by atoms with Crippen molar-refractivity contribution in [3.05, 3.63) is 59.4 Å². The Balaban J connectivity index is 2.01. The molecular weight excluding hydrogens is 236 g/mol. The number of para-hydroxylation sites is 1. The molecule has 1 aromatic heterocycles. The highest BCUT2D eigenvalue weighted by molar-refractivity contribution is 6.33. The first kappa shape index (κ1) is 11.6. The Morgan fingerprint density at radius 2 is 2.06 bits per heavy atom. The van der Waals surface area contributed by atoms with Crippen LogP contribution in [0.5, 0.6) is 0 Å². The minimum atomic E-state index is -0.105. The number of carbonyl (C=O) groups is 1. The average molecular weight is 247 g/mol. The third kappa shape index (κ3) is 3.29. The van der Waals surface area contributed by atoms with Gasteiger partial charge in [-0.1, -0.05) is 29.8 Å². The Morgan fingerprint density at radius 3 is 2.76 bits per heavy atom. The summed E-state index contributed by atoms with van der Waals surface area (Å²) in [6.07, 6.45) is 3.64. The molecule has 0 unspecified atom stereocenters. The summed E-state index contributed by atoms with van der Waals surface area (Å²) in [5, 5.41) is 3.29. The molecule has 86 valence electrons. The molecule has 1 N–H and O–H groups in total. The number of amides is 1. The summed E-state index contributed by atoms with van der Waals surface area (Å²) in [7, 11) is 0. The molecule has 3 nitrogen and oxygen atoms in total. The van der Waals surface area contributed by atoms with Crippen LogP contribution in [0.4, 0.5) is 5.69 Å². The van der Waals surface area contributed by atoms with Crippen LogP contribution in [0.1, 0.15) is 5.56 Å². The van der Waals surface area contributed by atoms with Gasteiger partial charge in [0.15, 0.2) is 0 Å². The minimum absolute atomic E-state index is 0.105. The second-order valence-electron chi connectivity index (χ2n) is 3.57. The summed E-state index contributed by atoms with van der Waals surface area (Å²) < 4.78 is 0. The number of halogens is 1. The average Bonchev–Trinajstić information content (AvgIpc) is 2.33. The van der Waals surface area contributed by atoms with Crippen molar-refractivity contribution in [1.82, 2.24) is 4.98 Å². The summed E-state index contributed by atoms with van der Waals surface area (Å²) in [6, 6.07) is 10.8. The molecule has 0 bridgehead atoms. The lowest BCUT2D eigenvalue weighted by Gasteiger charge is -2.06. The molecule has 0 aliphatic rings. The summed E-state index contributed by atoms with van der Waals surface area (Å²) in [4.78, 5) is 15.7. The van der Waals surface area contributed by atoms with Crippen molar-refractivity contribution in [3.63, 3.8) is 0 Å². The van der Waals surface area contributed by atoms with Gasteiger partial charge in [-0.3, -0.25) is 9.78 Å². The highest BCUT2D eigenvalue weighted by Gasteiger charge is 2.06. The highest BCUT2D eigenvalue weighted by Crippen LogP contribution is 2.20. The summed E-state index contributed by atoms with van der Waals surface area (Å²) in [5.41, 5.74) is 1.50. The van der Waals surface area contributed by atoms with Crippen molar-refractivity contribution in [2.75, 3.05) is 5.32 Å². The zero-order chi connectivity index (χ0) is 12.1. The minimum Gasteiger partial charge on any atom is -0.324 e. The maximum atomic E-state index is 11.7. The fourth-order valence-corrected chi connectivity index (χ4v) is 1.63. The van der Waals surface area contributed by atoms with Crippen molar-refractivity contribution in [3.8, 4) is 0 Å². The zero-order valence-electron chi connectivity index (χ0n) is 9.06. The van der Waals surface area contributed by atoms with Gasteiger partial charge in [0.25, 0.3) is 0 Å². The Hall–Kier alpha value is -1.87. The predicted octanol–water partition coefficient (Wildman–Crippen LogP) is 2.92. The quantitative estimate of drug-likeness (QED) is 0.905. The smallest absolute Gasteiger partial charge is 0.228 e. The van der Waals surface area contributed by atoms with Crippen LogP contribution in [-0.2, 0) is 11.2 Å². The van der Waals surface area contributed by atoms with E-state index in [1.807, 2.05) is 18.2 Å². The van der Waals surface area contributed by atoms with Crippen molar-refractivity contribution in [1.29, 1.82) is 0 Å². The van der Waals surface area contributed by atoms with E-state index in [1.165, 1.54) is 0 Å². The first-order valence-corrected chi connectivity index (χ1v) is 5.57. The maximum absolute atomic E-state index is 11.7. The highest BCUT2D eigenvalue weighted by atomic mass is 35.5. The van der Waals surface area contributed by atoms with Crippen molar-refractivity contribution < 1.29 is 4.79 Å². The molecule has 0 atom stereocenters. The molecule has 1 aromatic carbocycles. The van der Waals surface area contributed by atoms with Crippen LogP contribution < -0.4 is 5.32 Å². The van der Waals surface area contributed by atoms with Crippen molar-refractivity contribution in [2.45, 2.75) is 6.42 Å². The van der Waals surface area contributed by atoms with E-state index < -0.39 is 0 Å². The molecule has 2 rings (SSSR count). The van der Waals surface area contributed by atoms with E-state index in [0.29, 0.717) is 17.1 Å². The Kier molecular flexibility index (Phi) is 3.73. The van der Waals surface area contributed by atoms with Crippen LogP contribution in [0, 0.1) is 0 Å². The molecular formula is C13H11ClN2O. The predicted molar refractivity (Wildman–Crippen MR) is 68.0 cm³/mol. The second-order valence-corrected chi connectivity index (χ2v) is 3.97. The topological polar surface area (TPSA) is 42.0 Å². The van der Waals surface area contributed by atoms with E-state index in [0.717, 1.165) is 5.56 Å². The number of aromatic nitrogens is 1. The lowest BCUT2D eigenvalue weighted by molar-refractivity contribution is -0.115. The third-order valence-corrected chi connectivity index (χ3v) is 2.57. The molecule has 17 heavy (non-hydrogen) atoms. The van der Waals surface area contributed by atoms with E-state index in [-0.39, 0.29) is 5.91 Å². The Labute approximate surface area is 104 Å². The molecule has 0 aliphatic carbocycles. The third-order valence-electron chi connectivity index (χ3n) is 2.24. The largest absolute Gasteiger partial charge is 0.324 e. The monoisotopic (exact) mass is 246 g/mol. The standard InChI is InChI=1S/C13H11ClN2O/c14-11-5-1-2-6-12(11)16-13(17)8-10-4-3-7-15-9-10/h1-7,9H,8H2,(H,16,17). The molecule has 2 aromatic rings. The van der Waals surface area contributed by atoms with Gasteiger partial charge in [-0.25, -0.2) is 0 Å². The normalized spacial score (nSPS) is 9.94. The number of hydrogen-bond donors (Lipinski definition) is 1. The molecule has 1 amide bonds. The number of benzene rings is 1. The van der Waals surface area contributed by atoms with Gasteiger partial charge in [0, 0.05) is 12.4 Å². The van der Waals surface area contributed by atoms with Crippen LogP contribution in [0.2, 0.25) is 5.02 Å². The fraction of sp³-hybridized carbons (Fsp3) is 0.0769. The molecule has 0 spiro atoms. The number of nitrogens with zero attached hydrogens (tertiary/aromatic N) is 1. The van der Waals surface area contributed by atoms with Gasteiger partial charge in [-0.15, -0.1) is 0 Å². The number of hydrogen-bond acceptors (Lipinski definition) is 2. The first-order valence-electron chi connectivity index (χ1n) is 5.19. The van der Waals surface area contributed by atoms with E-state index in [9.17, 15) is 4.79 Å². The lowest BCUT2D eigenvalue weighted by atomic mass is 10.2. The van der Waals surface area contributed by atoms with Crippen molar-refractivity contribution >= 4 is 23.2 Å². The number of rotatable bonds is 3. The van der Waals surface area contributed by atoms with Crippen molar-refractivity contribution in [2.24, 2.45) is 0 Å². The number of carbonyl (C=O) groups excluding carboxylic acids is 1. The van der Waals surface area contributed by atoms with Gasteiger partial charge in [-0.2, -0.15) is 0 Å². The van der Waals surface area contributed by atoms with Gasteiger partial charge >= 0.3 is 0 Å². The fourth-order valence-electron chi connectivity index (χ4n) is 1.45. The van der Waals surface area contributed by atoms with Gasteiger partial charge in [0.1, 0.15) is 0 Å². The molecule has 4 heteroatoms. The van der Waals surface area contributed by atoms with Gasteiger partial charge < -0.3 is 5.32 Å². The summed E-state index contributed by atoms with van der Waals surface area (Å²) in [5.74, 6) is -0.105. The van der Waals surface area contributed by atoms with E-state index in [4.69, 9.17) is 11.6 Å². The second kappa shape index (κ2) is 5.46. The van der Waals surface area contributed by atoms with E-state index in [2.05, 4.69) is 10.3 Å². The van der Waals surface area contributed by atoms with Crippen LogP contribution in [-0.4, -0.2) is 10.9 Å². The molecule has 0 saturated heterocycles. The van der Waals surface area contributed by atoms with E-state index >= 15 is 0 Å². The molecule has 0 radical (unpaired) electrons. The molecule has 1 heterocycles. The molecule has 0 aliphatic heterocycles. The Bertz CT molecular complexity index is 514. The number of anilines is 1. The van der Waals surface area contributed by atoms with Crippen LogP contribution in [0.3, 0.4) is 0 Å². The zero-order valence-corrected chi connectivity index (χ0v) is 9.82. The van der Waals surface area contributed by atoms with Gasteiger partial charge in [0.2, 0.25) is 5.91 Å². The van der Waals surface area contributed by atoms with Crippen LogP contribution in [0.15, 0.2) is 48.8 Å². The number of pyridine rings is 1. The Morgan fingerprint density at radius 1 is 1.24 bits per heavy atom. The van der Waals surface area contributed by atoms with Crippen LogP contribution >= 0.6 is 11.6 Å². The molecule has 0 fully saturated rings. The van der Waals surface area contributed by atoms with Gasteiger partial charge in [0.05, 0.1) is 17.1 Å². The summed E-state index contributed by atoms with van der Waals surface area (Å²) in [6.45, 7) is 0. The maximum Gasteiger partial charge on any atom is 0.228 e. The van der Waals surface area contributed by atoms with E-state index in [1.54, 1.807) is 30.6 Å². The molecule has 0 saturated carbocycles. The lowest BCUT2D eigenvalue weighted by Crippen LogP contribution is -2.14.